The van der Waals surface area contributed by atoms with Gasteiger partial charge in [-0.25, -0.2) is 0 Å². The van der Waals surface area contributed by atoms with E-state index in [1.165, 1.54) is 38.5 Å². The number of hydrogen-bond acceptors (Lipinski definition) is 2. The van der Waals surface area contributed by atoms with Gasteiger partial charge >= 0.3 is 0 Å². The number of aliphatic hydroxyl groups is 1. The van der Waals surface area contributed by atoms with Crippen LogP contribution in [-0.2, 0) is 0 Å². The summed E-state index contributed by atoms with van der Waals surface area (Å²) in [5, 5.41) is 11.2. The second-order valence-corrected chi connectivity index (χ2v) is 7.83. The maximum absolute atomic E-state index is 10.5. The van der Waals surface area contributed by atoms with Gasteiger partial charge in [-0.2, -0.15) is 0 Å². The lowest BCUT2D eigenvalue weighted by atomic mass is 9.65. The molecule has 3 heteroatoms. The normalized spacial score (nSPS) is 29.3. The van der Waals surface area contributed by atoms with Gasteiger partial charge in [0.05, 0.1) is 6.10 Å². The third-order valence-electron chi connectivity index (χ3n) is 6.11. The lowest BCUT2D eigenvalue weighted by molar-refractivity contribution is -0.0622. The molecule has 1 aromatic carbocycles. The molecule has 2 fully saturated rings. The van der Waals surface area contributed by atoms with Gasteiger partial charge in [0.25, 0.3) is 0 Å². The minimum atomic E-state index is -0.440. The second-order valence-electron chi connectivity index (χ2n) is 7.39. The molecule has 0 saturated heterocycles. The van der Waals surface area contributed by atoms with Crippen molar-refractivity contribution in [3.05, 3.63) is 28.8 Å². The monoisotopic (exact) mass is 306 g/mol. The van der Waals surface area contributed by atoms with E-state index < -0.39 is 6.10 Å². The van der Waals surface area contributed by atoms with Gasteiger partial charge < -0.3 is 9.84 Å². The van der Waals surface area contributed by atoms with Crippen LogP contribution in [0.4, 0.5) is 0 Å². The van der Waals surface area contributed by atoms with Crippen LogP contribution in [0.15, 0.2) is 18.2 Å². The van der Waals surface area contributed by atoms with Crippen molar-refractivity contribution >= 4 is 11.6 Å². The van der Waals surface area contributed by atoms with Gasteiger partial charge in [0.15, 0.2) is 0 Å². The Hall–Kier alpha value is -0.730. The van der Waals surface area contributed by atoms with Gasteiger partial charge in [-0.3, -0.25) is 0 Å². The zero-order valence-corrected chi connectivity index (χ0v) is 13.2. The molecule has 0 bridgehead atoms. The highest BCUT2D eigenvalue weighted by Crippen LogP contribution is 2.55. The van der Waals surface area contributed by atoms with Crippen molar-refractivity contribution in [1.82, 2.24) is 0 Å². The molecule has 0 radical (unpaired) electrons. The summed E-state index contributed by atoms with van der Waals surface area (Å²) in [5.74, 6) is 0.834. The second kappa shape index (κ2) is 4.89. The number of halogens is 1. The van der Waals surface area contributed by atoms with Gasteiger partial charge in [0.2, 0.25) is 0 Å². The number of fused-ring (bicyclic) bond motifs is 1. The van der Waals surface area contributed by atoms with Crippen LogP contribution in [0.3, 0.4) is 0 Å². The molecule has 21 heavy (non-hydrogen) atoms. The first-order valence-electron chi connectivity index (χ1n) is 8.27. The van der Waals surface area contributed by atoms with Gasteiger partial charge in [0.1, 0.15) is 11.4 Å². The molecule has 0 amide bonds. The topological polar surface area (TPSA) is 29.5 Å². The molecule has 4 rings (SSSR count). The zero-order chi connectivity index (χ0) is 14.5. The predicted octanol–water partition coefficient (Wildman–Crippen LogP) is 5.03. The van der Waals surface area contributed by atoms with Gasteiger partial charge in [0, 0.05) is 17.0 Å². The van der Waals surface area contributed by atoms with Crippen LogP contribution < -0.4 is 4.74 Å². The minimum Gasteiger partial charge on any atom is -0.487 e. The molecule has 1 aromatic rings. The van der Waals surface area contributed by atoms with Crippen LogP contribution in [0.2, 0.25) is 5.02 Å². The summed E-state index contributed by atoms with van der Waals surface area (Å²) < 4.78 is 6.37. The van der Waals surface area contributed by atoms with E-state index in [9.17, 15) is 5.11 Å². The number of benzene rings is 1. The van der Waals surface area contributed by atoms with E-state index in [1.807, 2.05) is 18.2 Å². The molecule has 2 aliphatic carbocycles. The maximum atomic E-state index is 10.5. The van der Waals surface area contributed by atoms with E-state index in [0.717, 1.165) is 30.6 Å². The van der Waals surface area contributed by atoms with Crippen LogP contribution >= 0.6 is 11.6 Å². The Morgan fingerprint density at radius 2 is 1.76 bits per heavy atom. The molecular weight excluding hydrogens is 284 g/mol. The Balaban J connectivity index is 1.56. The van der Waals surface area contributed by atoms with E-state index in [-0.39, 0.29) is 5.60 Å². The highest BCUT2D eigenvalue weighted by atomic mass is 35.5. The van der Waals surface area contributed by atoms with Crippen molar-refractivity contribution in [2.45, 2.75) is 69.5 Å². The molecular formula is C18H23ClO2. The van der Waals surface area contributed by atoms with Crippen molar-refractivity contribution < 1.29 is 9.84 Å². The number of ether oxygens (including phenoxy) is 1. The molecule has 0 unspecified atom stereocenters. The standard InChI is InChI=1S/C18H23ClO2/c19-13-3-4-16-14(11-13)15(20)12-18(21-16)9-7-17(8-10-18)5-1-2-6-17/h3-4,11,15,20H,1-2,5-10,12H2/t15-/m1/s1. The van der Waals surface area contributed by atoms with Gasteiger partial charge in [-0.15, -0.1) is 0 Å². The fourth-order valence-corrected chi connectivity index (χ4v) is 4.96. The summed E-state index contributed by atoms with van der Waals surface area (Å²) in [7, 11) is 0. The first-order valence-corrected chi connectivity index (χ1v) is 8.64. The van der Waals surface area contributed by atoms with E-state index in [2.05, 4.69) is 0 Å². The van der Waals surface area contributed by atoms with E-state index in [1.54, 1.807) is 0 Å². The number of rotatable bonds is 0. The van der Waals surface area contributed by atoms with Crippen LogP contribution in [0.5, 0.6) is 5.75 Å². The fourth-order valence-electron chi connectivity index (χ4n) is 4.78. The fraction of sp³-hybridized carbons (Fsp3) is 0.667. The molecule has 1 aliphatic heterocycles. The average molecular weight is 307 g/mol. The molecule has 1 heterocycles. The average Bonchev–Trinajstić information content (AvgIpc) is 2.93. The predicted molar refractivity (Wildman–Crippen MR) is 83.8 cm³/mol. The highest BCUT2D eigenvalue weighted by Gasteiger charge is 2.48. The number of hydrogen-bond donors (Lipinski definition) is 1. The molecule has 1 atom stereocenters. The first-order chi connectivity index (χ1) is 10.1. The summed E-state index contributed by atoms with van der Waals surface area (Å²) in [4.78, 5) is 0. The highest BCUT2D eigenvalue weighted by molar-refractivity contribution is 6.30. The summed E-state index contributed by atoms with van der Waals surface area (Å²) in [5.41, 5.74) is 1.31. The van der Waals surface area contributed by atoms with Crippen LogP contribution in [0.1, 0.15) is 69.5 Å². The van der Waals surface area contributed by atoms with Crippen molar-refractivity contribution in [1.29, 1.82) is 0 Å². The Morgan fingerprint density at radius 1 is 1.05 bits per heavy atom. The summed E-state index contributed by atoms with van der Waals surface area (Å²) in [6.45, 7) is 0. The zero-order valence-electron chi connectivity index (χ0n) is 12.4. The molecule has 2 spiro atoms. The Kier molecular flexibility index (Phi) is 3.24. The lowest BCUT2D eigenvalue weighted by Crippen LogP contribution is -2.46. The lowest BCUT2D eigenvalue weighted by Gasteiger charge is -2.48. The molecule has 3 aliphatic rings. The van der Waals surface area contributed by atoms with Crippen molar-refractivity contribution in [3.63, 3.8) is 0 Å². The van der Waals surface area contributed by atoms with Crippen LogP contribution in [0.25, 0.3) is 0 Å². The van der Waals surface area contributed by atoms with Crippen molar-refractivity contribution in [2.75, 3.05) is 0 Å². The quantitative estimate of drug-likeness (QED) is 0.728. The third-order valence-corrected chi connectivity index (χ3v) is 6.34. The minimum absolute atomic E-state index is 0.145. The van der Waals surface area contributed by atoms with Gasteiger partial charge in [-0.1, -0.05) is 24.4 Å². The Bertz CT molecular complexity index is 538. The molecule has 0 aromatic heterocycles. The smallest absolute Gasteiger partial charge is 0.126 e. The maximum Gasteiger partial charge on any atom is 0.126 e. The van der Waals surface area contributed by atoms with E-state index >= 15 is 0 Å². The largest absolute Gasteiger partial charge is 0.487 e. The summed E-state index contributed by atoms with van der Waals surface area (Å²) in [6.07, 6.45) is 10.6. The Labute approximate surface area is 131 Å². The van der Waals surface area contributed by atoms with E-state index in [0.29, 0.717) is 10.4 Å². The van der Waals surface area contributed by atoms with Gasteiger partial charge in [-0.05, 0) is 62.1 Å². The summed E-state index contributed by atoms with van der Waals surface area (Å²) >= 11 is 6.03. The molecule has 2 nitrogen and oxygen atoms in total. The molecule has 1 N–H and O–H groups in total. The summed E-state index contributed by atoms with van der Waals surface area (Å²) in [6, 6.07) is 5.62. The number of aliphatic hydroxyl groups excluding tert-OH is 1. The molecule has 114 valence electrons. The third kappa shape index (κ3) is 2.37. The van der Waals surface area contributed by atoms with Crippen LogP contribution in [-0.4, -0.2) is 10.7 Å². The van der Waals surface area contributed by atoms with Crippen molar-refractivity contribution in [2.24, 2.45) is 5.41 Å². The van der Waals surface area contributed by atoms with Crippen LogP contribution in [0, 0.1) is 5.41 Å². The van der Waals surface area contributed by atoms with E-state index in [4.69, 9.17) is 16.3 Å². The Morgan fingerprint density at radius 3 is 2.48 bits per heavy atom. The molecule has 2 saturated carbocycles. The van der Waals surface area contributed by atoms with Crippen molar-refractivity contribution in [3.8, 4) is 5.75 Å². The SMILES string of the molecule is O[C@@H]1CC2(CCC3(CCCC3)CC2)Oc2ccc(Cl)cc21. The first kappa shape index (κ1) is 13.9.